The molecule has 0 heterocycles. The van der Waals surface area contributed by atoms with Gasteiger partial charge in [-0.05, 0) is 135 Å². The Morgan fingerprint density at radius 3 is 0.781 bits per heavy atom. The van der Waals surface area contributed by atoms with Crippen molar-refractivity contribution in [3.05, 3.63) is 146 Å². The molecule has 73 heavy (non-hydrogen) atoms. The van der Waals surface area contributed by atoms with Crippen LogP contribution in [0.3, 0.4) is 0 Å². The largest absolute Gasteiger partial charge is 0.462 e. The molecule has 0 spiro atoms. The van der Waals surface area contributed by atoms with Gasteiger partial charge in [-0.1, -0.05) is 231 Å². The van der Waals surface area contributed by atoms with E-state index in [9.17, 15) is 14.4 Å². The number of unbranched alkanes of at least 4 members (excludes halogenated alkanes) is 16. The molecule has 0 aromatic heterocycles. The summed E-state index contributed by atoms with van der Waals surface area (Å²) in [4.78, 5) is 38.2. The van der Waals surface area contributed by atoms with Gasteiger partial charge < -0.3 is 14.2 Å². The molecule has 0 aromatic rings. The molecule has 0 N–H and O–H groups in total. The zero-order valence-electron chi connectivity index (χ0n) is 46.8. The molecule has 0 fully saturated rings. The number of ether oxygens (including phenoxy) is 3. The van der Waals surface area contributed by atoms with Crippen LogP contribution in [0, 0.1) is 0 Å². The second-order valence-electron chi connectivity index (χ2n) is 18.8. The molecule has 0 bridgehead atoms. The smallest absolute Gasteiger partial charge is 0.306 e. The average Bonchev–Trinajstić information content (AvgIpc) is 3.39. The summed E-state index contributed by atoms with van der Waals surface area (Å²) in [5.41, 5.74) is 0. The van der Waals surface area contributed by atoms with E-state index < -0.39 is 6.10 Å². The molecule has 0 aromatic carbocycles. The van der Waals surface area contributed by atoms with E-state index in [1.165, 1.54) is 32.1 Å². The molecular formula is C67H106O6. The van der Waals surface area contributed by atoms with Crippen molar-refractivity contribution < 1.29 is 28.6 Å². The van der Waals surface area contributed by atoms with Gasteiger partial charge in [0.1, 0.15) is 13.2 Å². The van der Waals surface area contributed by atoms with Crippen LogP contribution in [0.4, 0.5) is 0 Å². The average molecular weight is 1010 g/mol. The van der Waals surface area contributed by atoms with E-state index in [4.69, 9.17) is 14.2 Å². The fraction of sp³-hybridized carbons (Fsp3) is 0.597. The standard InChI is InChI=1S/C67H106O6/c1-4-7-10-13-16-19-22-25-27-28-29-30-31-32-33-34-35-36-37-38-40-42-45-48-51-54-57-60-66(69)72-63-64(62-71-65(68)59-56-53-50-47-44-41-24-21-18-15-12-9-6-3)73-67(70)61-58-55-52-49-46-43-39-26-23-20-17-14-11-8-5-2/h7-12,16-21,25-27,29-30,32-33,35-36,39,41,44,64H,4-6,13-15,22-24,28,31,34,37-38,40,42-43,45-63H2,1-3H3/b10-7-,11-8-,12-9-,19-16-,20-17-,21-18-,27-25-,30-29-,33-32-,36-35-,39-26-,44-41-. The lowest BCUT2D eigenvalue weighted by Crippen LogP contribution is -2.30. The minimum Gasteiger partial charge on any atom is -0.462 e. The zero-order valence-corrected chi connectivity index (χ0v) is 46.8. The molecular weight excluding hydrogens is 901 g/mol. The van der Waals surface area contributed by atoms with Crippen LogP contribution in [-0.4, -0.2) is 37.2 Å². The molecule has 6 heteroatoms. The summed E-state index contributed by atoms with van der Waals surface area (Å²) in [6, 6.07) is 0. The van der Waals surface area contributed by atoms with Crippen molar-refractivity contribution in [2.24, 2.45) is 0 Å². The van der Waals surface area contributed by atoms with Gasteiger partial charge in [-0.25, -0.2) is 0 Å². The Morgan fingerprint density at radius 1 is 0.274 bits per heavy atom. The highest BCUT2D eigenvalue weighted by atomic mass is 16.6. The van der Waals surface area contributed by atoms with Crippen LogP contribution in [-0.2, 0) is 28.6 Å². The lowest BCUT2D eigenvalue weighted by molar-refractivity contribution is -0.167. The lowest BCUT2D eigenvalue weighted by atomic mass is 10.1. The topological polar surface area (TPSA) is 78.9 Å². The molecule has 1 atom stereocenters. The Bertz CT molecular complexity index is 1630. The summed E-state index contributed by atoms with van der Waals surface area (Å²) in [5, 5.41) is 0. The summed E-state index contributed by atoms with van der Waals surface area (Å²) < 4.78 is 16.8. The highest BCUT2D eigenvalue weighted by Gasteiger charge is 2.19. The van der Waals surface area contributed by atoms with E-state index in [0.717, 1.165) is 167 Å². The summed E-state index contributed by atoms with van der Waals surface area (Å²) in [5.74, 6) is -0.966. The van der Waals surface area contributed by atoms with Crippen LogP contribution >= 0.6 is 0 Å². The van der Waals surface area contributed by atoms with Gasteiger partial charge in [0, 0.05) is 19.3 Å². The maximum atomic E-state index is 12.8. The molecule has 0 saturated heterocycles. The van der Waals surface area contributed by atoms with Crippen LogP contribution in [0.15, 0.2) is 146 Å². The number of carbonyl (C=O) groups is 3. The minimum atomic E-state index is -0.809. The van der Waals surface area contributed by atoms with Crippen LogP contribution < -0.4 is 0 Å². The van der Waals surface area contributed by atoms with E-state index in [0.29, 0.717) is 19.3 Å². The van der Waals surface area contributed by atoms with Gasteiger partial charge in [0.2, 0.25) is 0 Å². The molecule has 1 unspecified atom stereocenters. The van der Waals surface area contributed by atoms with Crippen molar-refractivity contribution in [3.8, 4) is 0 Å². The Labute approximate surface area is 448 Å². The number of esters is 3. The van der Waals surface area contributed by atoms with Crippen molar-refractivity contribution in [2.45, 2.75) is 245 Å². The van der Waals surface area contributed by atoms with E-state index in [2.05, 4.69) is 167 Å². The highest BCUT2D eigenvalue weighted by Crippen LogP contribution is 2.14. The second-order valence-corrected chi connectivity index (χ2v) is 18.8. The Kier molecular flexibility index (Phi) is 56.0. The SMILES string of the molecule is CC/C=C\C/C=C\C/C=C\C/C=C\C/C=C\C/C=C\CCCCCCCCCCC(=O)OCC(COC(=O)CCCCC/C=C\C/C=C\C/C=C\CC)OC(=O)CCCCCCC/C=C\C/C=C\C/C=C\CC. The summed E-state index contributed by atoms with van der Waals surface area (Å²) in [6.07, 6.45) is 85.6. The Morgan fingerprint density at radius 2 is 0.493 bits per heavy atom. The molecule has 0 aliphatic rings. The predicted molar refractivity (Wildman–Crippen MR) is 315 cm³/mol. The molecule has 6 nitrogen and oxygen atoms in total. The van der Waals surface area contributed by atoms with Gasteiger partial charge >= 0.3 is 17.9 Å². The number of carbonyl (C=O) groups excluding carboxylic acids is 3. The molecule has 0 radical (unpaired) electrons. The maximum Gasteiger partial charge on any atom is 0.306 e. The number of rotatable bonds is 51. The maximum absolute atomic E-state index is 12.8. The van der Waals surface area contributed by atoms with Crippen molar-refractivity contribution in [1.82, 2.24) is 0 Å². The summed E-state index contributed by atoms with van der Waals surface area (Å²) in [7, 11) is 0. The van der Waals surface area contributed by atoms with Gasteiger partial charge in [0.05, 0.1) is 0 Å². The minimum absolute atomic E-state index is 0.105. The zero-order chi connectivity index (χ0) is 52.9. The first-order valence-corrected chi connectivity index (χ1v) is 29.3. The summed E-state index contributed by atoms with van der Waals surface area (Å²) >= 11 is 0. The highest BCUT2D eigenvalue weighted by molar-refractivity contribution is 5.71. The van der Waals surface area contributed by atoms with Crippen LogP contribution in [0.1, 0.15) is 239 Å². The molecule has 0 amide bonds. The van der Waals surface area contributed by atoms with Crippen molar-refractivity contribution in [2.75, 3.05) is 13.2 Å². The van der Waals surface area contributed by atoms with Crippen molar-refractivity contribution >= 4 is 17.9 Å². The fourth-order valence-electron chi connectivity index (χ4n) is 7.53. The van der Waals surface area contributed by atoms with E-state index in [1.807, 2.05) is 0 Å². The third-order valence-corrected chi connectivity index (χ3v) is 11.8. The number of hydrogen-bond donors (Lipinski definition) is 0. The number of hydrogen-bond acceptors (Lipinski definition) is 6. The first-order chi connectivity index (χ1) is 36.0. The first-order valence-electron chi connectivity index (χ1n) is 29.3. The van der Waals surface area contributed by atoms with Gasteiger partial charge in [0.15, 0.2) is 6.10 Å². The molecule has 0 aliphatic carbocycles. The monoisotopic (exact) mass is 1010 g/mol. The van der Waals surface area contributed by atoms with Crippen LogP contribution in [0.2, 0.25) is 0 Å². The van der Waals surface area contributed by atoms with E-state index >= 15 is 0 Å². The third-order valence-electron chi connectivity index (χ3n) is 11.8. The molecule has 0 rings (SSSR count). The second kappa shape index (κ2) is 59.8. The molecule has 0 saturated carbocycles. The Hall–Kier alpha value is -4.71. The van der Waals surface area contributed by atoms with Crippen LogP contribution in [0.25, 0.3) is 0 Å². The lowest BCUT2D eigenvalue weighted by Gasteiger charge is -2.18. The fourth-order valence-corrected chi connectivity index (χ4v) is 7.53. The van der Waals surface area contributed by atoms with Crippen LogP contribution in [0.5, 0.6) is 0 Å². The van der Waals surface area contributed by atoms with Gasteiger partial charge in [0.25, 0.3) is 0 Å². The normalized spacial score (nSPS) is 13.2. The quantitative estimate of drug-likeness (QED) is 0.0261. The molecule has 410 valence electrons. The first kappa shape index (κ1) is 68.3. The van der Waals surface area contributed by atoms with E-state index in [-0.39, 0.29) is 31.1 Å². The summed E-state index contributed by atoms with van der Waals surface area (Å²) in [6.45, 7) is 6.24. The van der Waals surface area contributed by atoms with Crippen molar-refractivity contribution in [3.63, 3.8) is 0 Å². The van der Waals surface area contributed by atoms with Gasteiger partial charge in [-0.2, -0.15) is 0 Å². The predicted octanol–water partition coefficient (Wildman–Crippen LogP) is 20.0. The molecule has 0 aliphatic heterocycles. The van der Waals surface area contributed by atoms with E-state index in [1.54, 1.807) is 0 Å². The Balaban J connectivity index is 4.38. The third kappa shape index (κ3) is 58.1. The number of allylic oxidation sites excluding steroid dienone is 24. The van der Waals surface area contributed by atoms with Gasteiger partial charge in [-0.3, -0.25) is 14.4 Å². The van der Waals surface area contributed by atoms with Crippen molar-refractivity contribution in [1.29, 1.82) is 0 Å². The van der Waals surface area contributed by atoms with Gasteiger partial charge in [-0.15, -0.1) is 0 Å².